The van der Waals surface area contributed by atoms with Crippen molar-refractivity contribution in [2.45, 2.75) is 52.9 Å². The van der Waals surface area contributed by atoms with Crippen molar-refractivity contribution in [3.05, 3.63) is 0 Å². The van der Waals surface area contributed by atoms with E-state index in [1.54, 1.807) is 0 Å². The van der Waals surface area contributed by atoms with Crippen molar-refractivity contribution in [1.29, 1.82) is 0 Å². The molecular weight excluding hydrogens is 210 g/mol. The lowest BCUT2D eigenvalue weighted by Crippen LogP contribution is -2.40. The molecule has 2 fully saturated rings. The van der Waals surface area contributed by atoms with Crippen LogP contribution in [-0.2, 0) is 4.79 Å². The molecule has 2 unspecified atom stereocenters. The molecule has 2 rings (SSSR count). The summed E-state index contributed by atoms with van der Waals surface area (Å²) in [5, 5.41) is 0. The van der Waals surface area contributed by atoms with Gasteiger partial charge in [-0.3, -0.25) is 4.79 Å². The number of carbonyl (C=O) groups is 1. The molecule has 0 radical (unpaired) electrons. The van der Waals surface area contributed by atoms with Crippen molar-refractivity contribution >= 4 is 5.78 Å². The van der Waals surface area contributed by atoms with Gasteiger partial charge >= 0.3 is 0 Å². The van der Waals surface area contributed by atoms with E-state index >= 15 is 0 Å². The predicted octanol–water partition coefficient (Wildman–Crippen LogP) is 3.11. The second-order valence-corrected chi connectivity index (χ2v) is 6.66. The highest BCUT2D eigenvalue weighted by Gasteiger charge is 2.41. The Morgan fingerprint density at radius 2 is 2.12 bits per heavy atom. The van der Waals surface area contributed by atoms with Gasteiger partial charge in [0.05, 0.1) is 0 Å². The quantitative estimate of drug-likeness (QED) is 0.751. The zero-order chi connectivity index (χ0) is 12.5. The smallest absolute Gasteiger partial charge is 0.142 e. The summed E-state index contributed by atoms with van der Waals surface area (Å²) in [6.07, 6.45) is 6.20. The fraction of sp³-hybridized carbons (Fsp3) is 0.933. The highest BCUT2D eigenvalue weighted by atomic mass is 16.1. The minimum absolute atomic E-state index is 0.0510. The Kier molecular flexibility index (Phi) is 3.92. The number of carbonyl (C=O) groups excluding carboxylic acids is 1. The molecule has 0 aromatic carbocycles. The molecule has 2 atom stereocenters. The predicted molar refractivity (Wildman–Crippen MR) is 71.0 cm³/mol. The molecule has 2 heteroatoms. The number of Topliss-reactive ketones (excluding diaryl/α,β-unsaturated/α-hetero) is 1. The van der Waals surface area contributed by atoms with E-state index in [9.17, 15) is 4.79 Å². The topological polar surface area (TPSA) is 20.3 Å². The summed E-state index contributed by atoms with van der Waals surface area (Å²) in [7, 11) is 0. The highest BCUT2D eigenvalue weighted by Crippen LogP contribution is 2.38. The second-order valence-electron chi connectivity index (χ2n) is 6.66. The van der Waals surface area contributed by atoms with Crippen LogP contribution in [0.25, 0.3) is 0 Å². The normalized spacial score (nSPS) is 34.2. The standard InChI is InChI=1S/C15H27NO/c1-4-12-6-5-9-16(10-12)11-13-7-8-15(2,3)14(13)17/h12-13H,4-11H2,1-3H3. The van der Waals surface area contributed by atoms with Crippen LogP contribution in [0.4, 0.5) is 0 Å². The van der Waals surface area contributed by atoms with Crippen molar-refractivity contribution in [2.75, 3.05) is 19.6 Å². The highest BCUT2D eigenvalue weighted by molar-refractivity contribution is 5.88. The Balaban J connectivity index is 1.87. The molecule has 1 saturated carbocycles. The first-order valence-corrected chi connectivity index (χ1v) is 7.29. The fourth-order valence-corrected chi connectivity index (χ4v) is 3.48. The molecule has 1 saturated heterocycles. The molecule has 2 aliphatic rings. The zero-order valence-electron chi connectivity index (χ0n) is 11.7. The first-order chi connectivity index (χ1) is 8.03. The monoisotopic (exact) mass is 237 g/mol. The van der Waals surface area contributed by atoms with Crippen molar-refractivity contribution in [1.82, 2.24) is 4.90 Å². The lowest BCUT2D eigenvalue weighted by molar-refractivity contribution is -0.128. The van der Waals surface area contributed by atoms with E-state index in [2.05, 4.69) is 25.7 Å². The van der Waals surface area contributed by atoms with Gasteiger partial charge in [0.1, 0.15) is 5.78 Å². The third-order valence-electron chi connectivity index (χ3n) is 4.81. The Morgan fingerprint density at radius 1 is 1.35 bits per heavy atom. The van der Waals surface area contributed by atoms with Gasteiger partial charge in [-0.05, 0) is 38.1 Å². The Hall–Kier alpha value is -0.370. The summed E-state index contributed by atoms with van der Waals surface area (Å²) >= 11 is 0. The molecule has 17 heavy (non-hydrogen) atoms. The van der Waals surface area contributed by atoms with Gasteiger partial charge < -0.3 is 4.90 Å². The number of hydrogen-bond donors (Lipinski definition) is 0. The van der Waals surface area contributed by atoms with Gasteiger partial charge in [0, 0.05) is 24.4 Å². The summed E-state index contributed by atoms with van der Waals surface area (Å²) < 4.78 is 0. The lowest BCUT2D eigenvalue weighted by Gasteiger charge is -2.33. The van der Waals surface area contributed by atoms with Gasteiger partial charge in [-0.2, -0.15) is 0 Å². The molecule has 0 N–H and O–H groups in total. The minimum Gasteiger partial charge on any atom is -0.302 e. The third-order valence-corrected chi connectivity index (χ3v) is 4.81. The van der Waals surface area contributed by atoms with Gasteiger partial charge in [0.2, 0.25) is 0 Å². The largest absolute Gasteiger partial charge is 0.302 e. The van der Waals surface area contributed by atoms with Crippen molar-refractivity contribution in [2.24, 2.45) is 17.3 Å². The van der Waals surface area contributed by atoms with Crippen LogP contribution in [0, 0.1) is 17.3 Å². The Morgan fingerprint density at radius 3 is 2.71 bits per heavy atom. The number of nitrogens with zero attached hydrogens (tertiary/aromatic N) is 1. The van der Waals surface area contributed by atoms with E-state index in [0.29, 0.717) is 11.7 Å². The van der Waals surface area contributed by atoms with E-state index in [1.807, 2.05) is 0 Å². The van der Waals surface area contributed by atoms with Gasteiger partial charge in [-0.25, -0.2) is 0 Å². The molecule has 0 spiro atoms. The van der Waals surface area contributed by atoms with Gasteiger partial charge in [0.25, 0.3) is 0 Å². The van der Waals surface area contributed by atoms with Crippen LogP contribution in [0.5, 0.6) is 0 Å². The number of ketones is 1. The van der Waals surface area contributed by atoms with Crippen LogP contribution in [-0.4, -0.2) is 30.3 Å². The van der Waals surface area contributed by atoms with Crippen molar-refractivity contribution in [3.8, 4) is 0 Å². The maximum Gasteiger partial charge on any atom is 0.142 e. The molecule has 98 valence electrons. The second kappa shape index (κ2) is 5.09. The maximum atomic E-state index is 12.2. The molecule has 1 heterocycles. The van der Waals surface area contributed by atoms with Gasteiger partial charge in [-0.1, -0.05) is 27.2 Å². The van der Waals surface area contributed by atoms with Crippen LogP contribution in [0.15, 0.2) is 0 Å². The molecule has 0 aromatic rings. The van der Waals surface area contributed by atoms with E-state index in [0.717, 1.165) is 25.3 Å². The van der Waals surface area contributed by atoms with E-state index < -0.39 is 0 Å². The molecule has 1 aliphatic carbocycles. The van der Waals surface area contributed by atoms with Gasteiger partial charge in [0.15, 0.2) is 0 Å². The number of piperidine rings is 1. The lowest BCUT2D eigenvalue weighted by atomic mass is 9.88. The Labute approximate surface area is 106 Å². The summed E-state index contributed by atoms with van der Waals surface area (Å²) in [5.41, 5.74) is -0.0510. The minimum atomic E-state index is -0.0510. The third kappa shape index (κ3) is 2.90. The van der Waals surface area contributed by atoms with Crippen molar-refractivity contribution < 1.29 is 4.79 Å². The van der Waals surface area contributed by atoms with Crippen LogP contribution < -0.4 is 0 Å². The van der Waals surface area contributed by atoms with Crippen LogP contribution in [0.3, 0.4) is 0 Å². The van der Waals surface area contributed by atoms with E-state index in [4.69, 9.17) is 0 Å². The molecule has 1 aliphatic heterocycles. The fourth-order valence-electron chi connectivity index (χ4n) is 3.48. The summed E-state index contributed by atoms with van der Waals surface area (Å²) in [4.78, 5) is 14.8. The van der Waals surface area contributed by atoms with E-state index in [1.165, 1.54) is 32.4 Å². The summed E-state index contributed by atoms with van der Waals surface area (Å²) in [6, 6.07) is 0. The van der Waals surface area contributed by atoms with Crippen molar-refractivity contribution in [3.63, 3.8) is 0 Å². The first kappa shape index (κ1) is 13.1. The zero-order valence-corrected chi connectivity index (χ0v) is 11.7. The first-order valence-electron chi connectivity index (χ1n) is 7.29. The summed E-state index contributed by atoms with van der Waals surface area (Å²) in [5.74, 6) is 1.70. The van der Waals surface area contributed by atoms with E-state index in [-0.39, 0.29) is 5.41 Å². The molecular formula is C15H27NO. The van der Waals surface area contributed by atoms with Crippen LogP contribution >= 0.6 is 0 Å². The number of likely N-dealkylation sites (tertiary alicyclic amines) is 1. The molecule has 0 amide bonds. The maximum absolute atomic E-state index is 12.2. The SMILES string of the molecule is CCC1CCCN(CC2CCC(C)(C)C2=O)C1. The average molecular weight is 237 g/mol. The number of hydrogen-bond acceptors (Lipinski definition) is 2. The number of rotatable bonds is 3. The molecule has 0 aromatic heterocycles. The average Bonchev–Trinajstić information content (AvgIpc) is 2.57. The Bertz CT molecular complexity index is 285. The van der Waals surface area contributed by atoms with Crippen LogP contribution in [0.2, 0.25) is 0 Å². The van der Waals surface area contributed by atoms with Gasteiger partial charge in [-0.15, -0.1) is 0 Å². The molecule has 0 bridgehead atoms. The molecule has 2 nitrogen and oxygen atoms in total. The summed E-state index contributed by atoms with van der Waals surface area (Å²) in [6.45, 7) is 9.97. The van der Waals surface area contributed by atoms with Crippen LogP contribution in [0.1, 0.15) is 52.9 Å².